The summed E-state index contributed by atoms with van der Waals surface area (Å²) in [6.07, 6.45) is 16.1. The summed E-state index contributed by atoms with van der Waals surface area (Å²) < 4.78 is 6.34. The van der Waals surface area contributed by atoms with Crippen LogP contribution in [-0.4, -0.2) is 34.6 Å². The third-order valence-electron chi connectivity index (χ3n) is 9.79. The largest absolute Gasteiger partial charge is 0.393 e. The summed E-state index contributed by atoms with van der Waals surface area (Å²) in [5, 5.41) is 21.5. The van der Waals surface area contributed by atoms with Crippen LogP contribution in [0.2, 0.25) is 0 Å². The predicted octanol–water partition coefficient (Wildman–Crippen LogP) is 6.52. The van der Waals surface area contributed by atoms with E-state index in [0.29, 0.717) is 17.8 Å². The molecule has 180 valence electrons. The molecule has 0 saturated heterocycles. The molecule has 0 bridgehead atoms. The van der Waals surface area contributed by atoms with Crippen molar-refractivity contribution in [2.75, 3.05) is 7.11 Å². The van der Waals surface area contributed by atoms with E-state index in [4.69, 9.17) is 4.74 Å². The van der Waals surface area contributed by atoms with Gasteiger partial charge in [-0.2, -0.15) is 0 Å². The lowest BCUT2D eigenvalue weighted by Crippen LogP contribution is -2.51. The quantitative estimate of drug-likeness (QED) is 0.428. The van der Waals surface area contributed by atoms with Crippen LogP contribution in [0, 0.1) is 35.0 Å². The smallest absolute Gasteiger partial charge is 0.0893 e. The molecule has 0 spiro atoms. The first-order chi connectivity index (χ1) is 14.6. The molecule has 31 heavy (non-hydrogen) atoms. The van der Waals surface area contributed by atoms with Crippen LogP contribution in [0.4, 0.5) is 0 Å². The van der Waals surface area contributed by atoms with Crippen molar-refractivity contribution in [2.45, 2.75) is 123 Å². The van der Waals surface area contributed by atoms with Crippen molar-refractivity contribution in [3.63, 3.8) is 0 Å². The molecule has 0 radical (unpaired) electrons. The van der Waals surface area contributed by atoms with E-state index in [1.54, 1.807) is 0 Å². The molecule has 0 heterocycles. The minimum absolute atomic E-state index is 0.174. The Balaban J connectivity index is 1.78. The van der Waals surface area contributed by atoms with Crippen molar-refractivity contribution in [1.82, 2.24) is 0 Å². The van der Waals surface area contributed by atoms with Crippen LogP contribution in [0.3, 0.4) is 0 Å². The minimum atomic E-state index is -0.917. The van der Waals surface area contributed by atoms with E-state index in [1.165, 1.54) is 44.9 Å². The first-order valence-electron chi connectivity index (χ1n) is 13.2. The summed E-state index contributed by atoms with van der Waals surface area (Å²) in [5.41, 5.74) is -0.882. The molecular formula is C28H50O3. The van der Waals surface area contributed by atoms with E-state index in [1.807, 2.05) is 13.2 Å². The van der Waals surface area contributed by atoms with Gasteiger partial charge in [-0.25, -0.2) is 0 Å². The number of hydrogen-bond donors (Lipinski definition) is 2. The average molecular weight is 435 g/mol. The fraction of sp³-hybridized carbons (Fsp3) is 0.929. The second-order valence-electron chi connectivity index (χ2n) is 12.2. The molecule has 3 fully saturated rings. The second-order valence-corrected chi connectivity index (χ2v) is 12.2. The topological polar surface area (TPSA) is 49.7 Å². The van der Waals surface area contributed by atoms with Gasteiger partial charge in [-0.3, -0.25) is 0 Å². The van der Waals surface area contributed by atoms with Gasteiger partial charge < -0.3 is 14.9 Å². The lowest BCUT2D eigenvalue weighted by Gasteiger charge is -2.52. The second kappa shape index (κ2) is 9.85. The van der Waals surface area contributed by atoms with Gasteiger partial charge in [0.15, 0.2) is 0 Å². The van der Waals surface area contributed by atoms with Gasteiger partial charge in [0.1, 0.15) is 0 Å². The summed E-state index contributed by atoms with van der Waals surface area (Å²) in [5.74, 6) is 3.02. The van der Waals surface area contributed by atoms with Gasteiger partial charge in [0, 0.05) is 13.5 Å². The van der Waals surface area contributed by atoms with Crippen molar-refractivity contribution in [3.8, 4) is 0 Å². The zero-order chi connectivity index (χ0) is 22.9. The van der Waals surface area contributed by atoms with Gasteiger partial charge >= 0.3 is 0 Å². The van der Waals surface area contributed by atoms with Crippen molar-refractivity contribution in [2.24, 2.45) is 35.0 Å². The lowest BCUT2D eigenvalue weighted by molar-refractivity contribution is -0.104. The van der Waals surface area contributed by atoms with E-state index in [2.05, 4.69) is 40.7 Å². The maximum Gasteiger partial charge on any atom is 0.0893 e. The molecular weight excluding hydrogens is 384 g/mol. The third-order valence-corrected chi connectivity index (χ3v) is 9.79. The molecule has 3 saturated carbocycles. The Hall–Kier alpha value is -0.380. The molecule has 3 aliphatic carbocycles. The fourth-order valence-electron chi connectivity index (χ4n) is 7.73. The summed E-state index contributed by atoms with van der Waals surface area (Å²) in [6.45, 7) is 11.8. The van der Waals surface area contributed by atoms with Gasteiger partial charge in [-0.1, -0.05) is 66.0 Å². The number of aliphatic hydroxyl groups excluding tert-OH is 1. The highest BCUT2D eigenvalue weighted by atomic mass is 16.5. The van der Waals surface area contributed by atoms with Crippen LogP contribution in [0.1, 0.15) is 105 Å². The summed E-state index contributed by atoms with van der Waals surface area (Å²) in [7, 11) is 1.87. The number of rotatable bonds is 8. The molecule has 0 aliphatic heterocycles. The van der Waals surface area contributed by atoms with Crippen molar-refractivity contribution in [1.29, 1.82) is 0 Å². The van der Waals surface area contributed by atoms with Crippen LogP contribution in [-0.2, 0) is 4.74 Å². The van der Waals surface area contributed by atoms with E-state index in [9.17, 15) is 10.2 Å². The predicted molar refractivity (Wildman–Crippen MR) is 129 cm³/mol. The maximum atomic E-state index is 11.3. The zero-order valence-electron chi connectivity index (χ0n) is 21.2. The molecule has 3 aliphatic rings. The molecule has 0 aromatic heterocycles. The minimum Gasteiger partial charge on any atom is -0.393 e. The summed E-state index contributed by atoms with van der Waals surface area (Å²) >= 11 is 0. The molecule has 2 unspecified atom stereocenters. The molecule has 0 aromatic carbocycles. The van der Waals surface area contributed by atoms with E-state index >= 15 is 0 Å². The van der Waals surface area contributed by atoms with Crippen LogP contribution < -0.4 is 0 Å². The number of aliphatic hydroxyl groups is 2. The summed E-state index contributed by atoms with van der Waals surface area (Å²) in [4.78, 5) is 0. The van der Waals surface area contributed by atoms with Crippen LogP contribution >= 0.6 is 0 Å². The molecule has 0 amide bonds. The Bertz CT molecular complexity index is 615. The van der Waals surface area contributed by atoms with Gasteiger partial charge in [-0.15, -0.1) is 0 Å². The third kappa shape index (κ3) is 5.09. The van der Waals surface area contributed by atoms with E-state index in [-0.39, 0.29) is 11.5 Å². The highest BCUT2D eigenvalue weighted by molar-refractivity contribution is 5.19. The summed E-state index contributed by atoms with van der Waals surface area (Å²) in [6, 6.07) is 0. The SMILES string of the molecule is COC1(/C=C/C2(O)C[C@@H](O)CC[C@@H]2C)CCC[C@]2(C)[C@@H]([C@H](C)CCCC(C)C)CC[C@@H]12. The Kier molecular flexibility index (Phi) is 8.03. The first kappa shape index (κ1) is 25.2. The molecule has 3 heteroatoms. The van der Waals surface area contributed by atoms with Crippen molar-refractivity contribution >= 4 is 0 Å². The Labute approximate surface area is 192 Å². The highest BCUT2D eigenvalue weighted by Crippen LogP contribution is 2.62. The molecule has 0 aromatic rings. The van der Waals surface area contributed by atoms with Gasteiger partial charge in [0.05, 0.1) is 17.3 Å². The molecule has 3 nitrogen and oxygen atoms in total. The van der Waals surface area contributed by atoms with Crippen LogP contribution in [0.15, 0.2) is 12.2 Å². The number of fused-ring (bicyclic) bond motifs is 1. The monoisotopic (exact) mass is 434 g/mol. The number of methoxy groups -OCH3 is 1. The van der Waals surface area contributed by atoms with Gasteiger partial charge in [0.2, 0.25) is 0 Å². The average Bonchev–Trinajstić information content (AvgIpc) is 3.07. The zero-order valence-corrected chi connectivity index (χ0v) is 21.2. The number of ether oxygens (including phenoxy) is 1. The number of hydrogen-bond acceptors (Lipinski definition) is 3. The van der Waals surface area contributed by atoms with Crippen LogP contribution in [0.5, 0.6) is 0 Å². The Morgan fingerprint density at radius 2 is 1.77 bits per heavy atom. The lowest BCUT2D eigenvalue weighted by atomic mass is 9.57. The van der Waals surface area contributed by atoms with Gasteiger partial charge in [-0.05, 0) is 80.0 Å². The van der Waals surface area contributed by atoms with E-state index in [0.717, 1.165) is 37.0 Å². The normalized spacial score (nSPS) is 44.7. The highest BCUT2D eigenvalue weighted by Gasteiger charge is 2.58. The fourth-order valence-corrected chi connectivity index (χ4v) is 7.73. The molecule has 8 atom stereocenters. The Morgan fingerprint density at radius 1 is 1.03 bits per heavy atom. The van der Waals surface area contributed by atoms with Gasteiger partial charge in [0.25, 0.3) is 0 Å². The van der Waals surface area contributed by atoms with Crippen LogP contribution in [0.25, 0.3) is 0 Å². The maximum absolute atomic E-state index is 11.3. The molecule has 3 rings (SSSR count). The Morgan fingerprint density at radius 3 is 2.45 bits per heavy atom. The van der Waals surface area contributed by atoms with E-state index < -0.39 is 11.7 Å². The van der Waals surface area contributed by atoms with Crippen molar-refractivity contribution < 1.29 is 14.9 Å². The standard InChI is InChI=1S/C28H50O3/c1-20(2)9-7-10-21(3)24-13-14-25-26(24,5)15-8-16-28(25,31-6)18-17-27(30)19-23(29)12-11-22(27)4/h17-18,20-25,29-30H,7-16,19H2,1-6H3/b18-17+/t21-,22+,23+,24-,25-,26-,27?,28?/m1/s1. The first-order valence-corrected chi connectivity index (χ1v) is 13.2. The molecule has 2 N–H and O–H groups in total. The van der Waals surface area contributed by atoms with Crippen molar-refractivity contribution in [3.05, 3.63) is 12.2 Å².